The molecule has 3 saturated carbocycles. The normalized spacial score (nSPS) is 46.4. The van der Waals surface area contributed by atoms with Gasteiger partial charge in [-0.2, -0.15) is 8.42 Å². The Morgan fingerprint density at radius 3 is 2.74 bits per heavy atom. The van der Waals surface area contributed by atoms with Crippen molar-refractivity contribution in [3.8, 4) is 0 Å². The molecule has 9 heteroatoms. The fourth-order valence-corrected chi connectivity index (χ4v) is 8.59. The molecule has 1 aliphatic heterocycles. The minimum atomic E-state index is -3.82. The molecule has 1 N–H and O–H groups in total. The zero-order valence-corrected chi connectivity index (χ0v) is 21.7. The molecule has 0 aromatic carbocycles. The van der Waals surface area contributed by atoms with E-state index in [1.165, 1.54) is 0 Å². The number of ketones is 2. The van der Waals surface area contributed by atoms with Crippen molar-refractivity contribution < 1.29 is 36.8 Å². The third kappa shape index (κ3) is 3.64. The van der Waals surface area contributed by atoms with Crippen LogP contribution in [0.2, 0.25) is 0 Å². The third-order valence-corrected chi connectivity index (χ3v) is 10.2. The first-order valence-electron chi connectivity index (χ1n) is 12.7. The molecule has 8 nitrogen and oxygen atoms in total. The van der Waals surface area contributed by atoms with Gasteiger partial charge in [-0.3, -0.25) is 13.8 Å². The maximum Gasteiger partial charge on any atom is 0.264 e. The number of aliphatic hydroxyl groups is 1. The van der Waals surface area contributed by atoms with Crippen molar-refractivity contribution in [3.63, 3.8) is 0 Å². The zero-order chi connectivity index (χ0) is 25.4. The van der Waals surface area contributed by atoms with E-state index < -0.39 is 57.4 Å². The van der Waals surface area contributed by atoms with Crippen molar-refractivity contribution in [2.75, 3.05) is 12.9 Å². The van der Waals surface area contributed by atoms with Crippen molar-refractivity contribution in [1.29, 1.82) is 0 Å². The molecule has 1 unspecified atom stereocenters. The average molecular weight is 509 g/mol. The van der Waals surface area contributed by atoms with Gasteiger partial charge in [0, 0.05) is 16.7 Å². The van der Waals surface area contributed by atoms with Gasteiger partial charge in [-0.05, 0) is 56.1 Å². The van der Waals surface area contributed by atoms with Gasteiger partial charge in [-0.1, -0.05) is 38.8 Å². The van der Waals surface area contributed by atoms with Crippen LogP contribution in [0.5, 0.6) is 0 Å². The highest BCUT2D eigenvalue weighted by Gasteiger charge is 2.75. The Balaban J connectivity index is 1.53. The fourth-order valence-electron chi connectivity index (χ4n) is 8.27. The molecule has 1 saturated heterocycles. The van der Waals surface area contributed by atoms with E-state index >= 15 is 0 Å². The van der Waals surface area contributed by atoms with Gasteiger partial charge in [0.2, 0.25) is 0 Å². The summed E-state index contributed by atoms with van der Waals surface area (Å²) in [5, 5.41) is 11.7. The Morgan fingerprint density at radius 1 is 1.31 bits per heavy atom. The van der Waals surface area contributed by atoms with Crippen molar-refractivity contribution in [2.45, 2.75) is 83.4 Å². The maximum absolute atomic E-state index is 13.8. The van der Waals surface area contributed by atoms with E-state index in [2.05, 4.69) is 6.92 Å². The predicted octanol–water partition coefficient (Wildman–Crippen LogP) is 2.70. The number of hydrogen-bond acceptors (Lipinski definition) is 8. The summed E-state index contributed by atoms with van der Waals surface area (Å²) in [7, 11) is -3.82. The fraction of sp³-hybridized carbons (Fsp3) is 0.769. The van der Waals surface area contributed by atoms with Gasteiger partial charge in [-0.25, -0.2) is 0 Å². The van der Waals surface area contributed by atoms with Crippen LogP contribution in [0.25, 0.3) is 0 Å². The summed E-state index contributed by atoms with van der Waals surface area (Å²) in [6, 6.07) is 0. The van der Waals surface area contributed by atoms with Gasteiger partial charge in [0.05, 0.1) is 18.5 Å². The lowest BCUT2D eigenvalue weighted by atomic mass is 9.46. The van der Waals surface area contributed by atoms with Gasteiger partial charge < -0.3 is 14.6 Å². The summed E-state index contributed by atoms with van der Waals surface area (Å²) in [5.41, 5.74) is -1.47. The summed E-state index contributed by atoms with van der Waals surface area (Å²) in [4.78, 5) is 25.8. The van der Waals surface area contributed by atoms with E-state index in [1.54, 1.807) is 12.2 Å². The van der Waals surface area contributed by atoms with E-state index in [1.807, 2.05) is 19.9 Å². The number of allylic oxidation sites excluding steroid dienone is 4. The van der Waals surface area contributed by atoms with Gasteiger partial charge in [0.1, 0.15) is 6.61 Å². The highest BCUT2D eigenvalue weighted by atomic mass is 32.2. The number of carbonyl (C=O) groups is 2. The highest BCUT2D eigenvalue weighted by molar-refractivity contribution is 7.86. The van der Waals surface area contributed by atoms with Crippen LogP contribution in [0.15, 0.2) is 23.8 Å². The number of ether oxygens (including phenoxy) is 2. The van der Waals surface area contributed by atoms with Crippen LogP contribution in [0, 0.1) is 28.6 Å². The maximum atomic E-state index is 13.8. The van der Waals surface area contributed by atoms with Gasteiger partial charge in [0.15, 0.2) is 23.5 Å². The summed E-state index contributed by atoms with van der Waals surface area (Å²) >= 11 is 0. The van der Waals surface area contributed by atoms with E-state index in [9.17, 15) is 23.1 Å². The molecule has 0 aromatic heterocycles. The third-order valence-electron chi connectivity index (χ3n) is 9.63. The standard InChI is InChI=1S/C26H36O8S/c1-5-6-22-33-21-12-18-17-8-7-15-11-16(27)9-10-24(15,2)23(17)19(28)13-25(18,3)26(21,34-22)20(29)14-32-35(4,30)31/h9-11,17-19,21-23,28H,5-8,12-14H2,1-4H3/t17-,18-,19-,21+,22?,23+,24-,25-,26+/m0/s1. The second-order valence-electron chi connectivity index (χ2n) is 11.5. The highest BCUT2D eigenvalue weighted by Crippen LogP contribution is 2.69. The van der Waals surface area contributed by atoms with Crippen molar-refractivity contribution >= 4 is 21.7 Å². The number of hydrogen-bond donors (Lipinski definition) is 1. The molecular formula is C26H36O8S. The lowest BCUT2D eigenvalue weighted by Gasteiger charge is -2.59. The van der Waals surface area contributed by atoms with E-state index in [0.29, 0.717) is 19.3 Å². The summed E-state index contributed by atoms with van der Waals surface area (Å²) < 4.78 is 41.1. The van der Waals surface area contributed by atoms with Crippen LogP contribution in [-0.2, 0) is 33.4 Å². The lowest BCUT2D eigenvalue weighted by Crippen LogP contribution is -2.63. The number of fused-ring (bicyclic) bond motifs is 7. The van der Waals surface area contributed by atoms with Gasteiger partial charge in [-0.15, -0.1) is 0 Å². The topological polar surface area (TPSA) is 116 Å². The molecule has 0 bridgehead atoms. The Labute approximate surface area is 207 Å². The molecule has 194 valence electrons. The Kier molecular flexibility index (Phi) is 6.00. The predicted molar refractivity (Wildman–Crippen MR) is 127 cm³/mol. The van der Waals surface area contributed by atoms with Crippen LogP contribution in [0.4, 0.5) is 0 Å². The average Bonchev–Trinajstić information content (AvgIpc) is 3.24. The van der Waals surface area contributed by atoms with Crippen LogP contribution in [-0.4, -0.2) is 62.1 Å². The summed E-state index contributed by atoms with van der Waals surface area (Å²) in [5.74, 6) is -0.398. The molecule has 0 aromatic rings. The molecule has 9 atom stereocenters. The van der Waals surface area contributed by atoms with Crippen LogP contribution < -0.4 is 0 Å². The second-order valence-corrected chi connectivity index (χ2v) is 13.2. The van der Waals surface area contributed by atoms with E-state index in [0.717, 1.165) is 31.1 Å². The quantitative estimate of drug-likeness (QED) is 0.545. The molecule has 4 fully saturated rings. The van der Waals surface area contributed by atoms with Gasteiger partial charge >= 0.3 is 0 Å². The Bertz CT molecular complexity index is 1090. The lowest BCUT2D eigenvalue weighted by molar-refractivity contribution is -0.200. The molecule has 1 heterocycles. The molecular weight excluding hydrogens is 472 g/mol. The first-order chi connectivity index (χ1) is 16.4. The zero-order valence-electron chi connectivity index (χ0n) is 20.9. The molecule has 0 spiro atoms. The largest absolute Gasteiger partial charge is 0.393 e. The first-order valence-corrected chi connectivity index (χ1v) is 14.5. The number of rotatable bonds is 6. The number of aliphatic hydroxyl groups excluding tert-OH is 1. The molecule has 0 amide bonds. The second kappa shape index (κ2) is 8.31. The SMILES string of the molecule is CCCC1O[C@@H]2C[C@H]3[C@@H]4CCC5=CC(=O)C=C[C@]5(C)[C@H]4[C@@H](O)C[C@]3(C)[C@]2(C(=O)COS(C)(=O)=O)O1. The molecule has 4 aliphatic carbocycles. The van der Waals surface area contributed by atoms with Crippen molar-refractivity contribution in [1.82, 2.24) is 0 Å². The number of carbonyl (C=O) groups excluding carboxylic acids is 2. The molecule has 0 radical (unpaired) electrons. The van der Waals surface area contributed by atoms with Crippen LogP contribution >= 0.6 is 0 Å². The molecule has 5 aliphatic rings. The Morgan fingerprint density at radius 2 is 2.06 bits per heavy atom. The van der Waals surface area contributed by atoms with Crippen molar-refractivity contribution in [3.05, 3.63) is 23.8 Å². The molecule has 35 heavy (non-hydrogen) atoms. The smallest absolute Gasteiger partial charge is 0.264 e. The molecule has 5 rings (SSSR count). The summed E-state index contributed by atoms with van der Waals surface area (Å²) in [6.07, 6.45) is 8.33. The monoisotopic (exact) mass is 508 g/mol. The minimum absolute atomic E-state index is 0.0133. The number of Topliss-reactive ketones (excluding diaryl/α,β-unsaturated/α-hetero) is 1. The first kappa shape index (κ1) is 25.3. The van der Waals surface area contributed by atoms with E-state index in [4.69, 9.17) is 13.7 Å². The Hall–Kier alpha value is -1.39. The van der Waals surface area contributed by atoms with Crippen LogP contribution in [0.1, 0.15) is 59.3 Å². The summed E-state index contributed by atoms with van der Waals surface area (Å²) in [6.45, 7) is 5.50. The van der Waals surface area contributed by atoms with Crippen LogP contribution in [0.3, 0.4) is 0 Å². The van der Waals surface area contributed by atoms with E-state index in [-0.39, 0.29) is 23.5 Å². The van der Waals surface area contributed by atoms with Crippen molar-refractivity contribution in [2.24, 2.45) is 28.6 Å². The minimum Gasteiger partial charge on any atom is -0.393 e. The van der Waals surface area contributed by atoms with Gasteiger partial charge in [0.25, 0.3) is 10.1 Å².